The Morgan fingerprint density at radius 3 is 2.59 bits per heavy atom. The second kappa shape index (κ2) is 6.32. The SMILES string of the molecule is C=COCCNC(=O)c1ccccc1C(N)=O. The molecule has 0 unspecified atom stereocenters. The minimum absolute atomic E-state index is 0.203. The molecule has 2 amide bonds. The number of nitrogens with two attached hydrogens (primary N) is 1. The van der Waals surface area contributed by atoms with Gasteiger partial charge in [0.1, 0.15) is 6.61 Å². The molecule has 0 radical (unpaired) electrons. The molecule has 0 aliphatic rings. The van der Waals surface area contributed by atoms with Crippen molar-refractivity contribution in [2.24, 2.45) is 5.73 Å². The van der Waals surface area contributed by atoms with Crippen molar-refractivity contribution >= 4 is 11.8 Å². The second-order valence-corrected chi connectivity index (χ2v) is 3.20. The van der Waals surface area contributed by atoms with Crippen LogP contribution in [0.15, 0.2) is 37.1 Å². The van der Waals surface area contributed by atoms with Crippen LogP contribution in [-0.4, -0.2) is 25.0 Å². The lowest BCUT2D eigenvalue weighted by Gasteiger charge is -2.07. The van der Waals surface area contributed by atoms with E-state index < -0.39 is 5.91 Å². The molecule has 0 atom stereocenters. The largest absolute Gasteiger partial charge is 0.500 e. The molecule has 3 N–H and O–H groups in total. The van der Waals surface area contributed by atoms with Gasteiger partial charge in [0.05, 0.1) is 23.9 Å². The molecule has 0 aliphatic carbocycles. The lowest BCUT2D eigenvalue weighted by atomic mass is 10.1. The molecule has 0 fully saturated rings. The molecular weight excluding hydrogens is 220 g/mol. The lowest BCUT2D eigenvalue weighted by Crippen LogP contribution is -2.29. The van der Waals surface area contributed by atoms with Crippen LogP contribution in [0.2, 0.25) is 0 Å². The maximum Gasteiger partial charge on any atom is 0.252 e. The van der Waals surface area contributed by atoms with E-state index >= 15 is 0 Å². The fourth-order valence-corrected chi connectivity index (χ4v) is 1.30. The molecule has 0 aromatic heterocycles. The number of rotatable bonds is 6. The molecule has 1 rings (SSSR count). The zero-order valence-corrected chi connectivity index (χ0v) is 9.31. The Balaban J connectivity index is 2.68. The van der Waals surface area contributed by atoms with Crippen molar-refractivity contribution in [3.05, 3.63) is 48.2 Å². The number of carbonyl (C=O) groups excluding carboxylic acids is 2. The van der Waals surface area contributed by atoms with Gasteiger partial charge in [0.15, 0.2) is 0 Å². The Kier molecular flexibility index (Phi) is 4.75. The highest BCUT2D eigenvalue weighted by atomic mass is 16.5. The minimum Gasteiger partial charge on any atom is -0.500 e. The summed E-state index contributed by atoms with van der Waals surface area (Å²) in [6.07, 6.45) is 1.30. The van der Waals surface area contributed by atoms with Crippen molar-refractivity contribution < 1.29 is 14.3 Å². The van der Waals surface area contributed by atoms with Crippen LogP contribution >= 0.6 is 0 Å². The van der Waals surface area contributed by atoms with Crippen molar-refractivity contribution in [3.8, 4) is 0 Å². The van der Waals surface area contributed by atoms with Gasteiger partial charge in [-0.05, 0) is 12.1 Å². The van der Waals surface area contributed by atoms with Gasteiger partial charge in [0.2, 0.25) is 5.91 Å². The number of primary amides is 1. The first-order chi connectivity index (χ1) is 8.16. The Morgan fingerprint density at radius 2 is 2.00 bits per heavy atom. The normalized spacial score (nSPS) is 9.41. The molecule has 1 aromatic carbocycles. The van der Waals surface area contributed by atoms with Crippen LogP contribution in [0.4, 0.5) is 0 Å². The van der Waals surface area contributed by atoms with Crippen LogP contribution in [0.5, 0.6) is 0 Å². The molecular formula is C12H14N2O3. The lowest BCUT2D eigenvalue weighted by molar-refractivity contribution is 0.0927. The summed E-state index contributed by atoms with van der Waals surface area (Å²) in [5.41, 5.74) is 5.64. The van der Waals surface area contributed by atoms with Crippen molar-refractivity contribution in [1.29, 1.82) is 0 Å². The molecule has 90 valence electrons. The molecule has 0 aliphatic heterocycles. The molecule has 0 saturated heterocycles. The van der Waals surface area contributed by atoms with Gasteiger partial charge in [-0.15, -0.1) is 0 Å². The summed E-state index contributed by atoms with van der Waals surface area (Å²) < 4.78 is 4.85. The van der Waals surface area contributed by atoms with E-state index in [9.17, 15) is 9.59 Å². The zero-order valence-electron chi connectivity index (χ0n) is 9.31. The van der Waals surface area contributed by atoms with Gasteiger partial charge in [-0.25, -0.2) is 0 Å². The standard InChI is InChI=1S/C12H14N2O3/c1-2-17-8-7-14-12(16)10-6-4-3-5-9(10)11(13)15/h2-6H,1,7-8H2,(H2,13,15)(H,14,16). The third-order valence-corrected chi connectivity index (χ3v) is 2.06. The van der Waals surface area contributed by atoms with Crippen molar-refractivity contribution in [2.45, 2.75) is 0 Å². The summed E-state index contributed by atoms with van der Waals surface area (Å²) in [5.74, 6) is -0.981. The van der Waals surface area contributed by atoms with Gasteiger partial charge in [0, 0.05) is 0 Å². The first kappa shape index (κ1) is 12.8. The second-order valence-electron chi connectivity index (χ2n) is 3.20. The van der Waals surface area contributed by atoms with Crippen LogP contribution in [0.25, 0.3) is 0 Å². The van der Waals surface area contributed by atoms with E-state index in [0.717, 1.165) is 0 Å². The molecule has 5 nitrogen and oxygen atoms in total. The van der Waals surface area contributed by atoms with E-state index in [0.29, 0.717) is 13.2 Å². The quantitative estimate of drug-likeness (QED) is 0.561. The van der Waals surface area contributed by atoms with Gasteiger partial charge in [-0.1, -0.05) is 18.7 Å². The molecule has 0 saturated carbocycles. The summed E-state index contributed by atoms with van der Waals surface area (Å²) in [5, 5.41) is 2.61. The average Bonchev–Trinajstić information content (AvgIpc) is 2.34. The first-order valence-corrected chi connectivity index (χ1v) is 5.06. The van der Waals surface area contributed by atoms with Crippen LogP contribution in [0.1, 0.15) is 20.7 Å². The monoisotopic (exact) mass is 234 g/mol. The third kappa shape index (κ3) is 3.64. The minimum atomic E-state index is -0.627. The number of amides is 2. The first-order valence-electron chi connectivity index (χ1n) is 5.06. The fraction of sp³-hybridized carbons (Fsp3) is 0.167. The van der Waals surface area contributed by atoms with E-state index in [1.54, 1.807) is 18.2 Å². The van der Waals surface area contributed by atoms with Gasteiger partial charge >= 0.3 is 0 Å². The van der Waals surface area contributed by atoms with Crippen LogP contribution < -0.4 is 11.1 Å². The number of nitrogens with one attached hydrogen (secondary N) is 1. The Hall–Kier alpha value is -2.30. The maximum absolute atomic E-state index is 11.7. The molecule has 17 heavy (non-hydrogen) atoms. The van der Waals surface area contributed by atoms with E-state index in [1.165, 1.54) is 12.3 Å². The highest BCUT2D eigenvalue weighted by Gasteiger charge is 2.13. The van der Waals surface area contributed by atoms with Crippen LogP contribution in [0, 0.1) is 0 Å². The summed E-state index contributed by atoms with van der Waals surface area (Å²) in [4.78, 5) is 22.8. The number of benzene rings is 1. The summed E-state index contributed by atoms with van der Waals surface area (Å²) in [6.45, 7) is 4.04. The number of ether oxygens (including phenoxy) is 1. The van der Waals surface area contributed by atoms with Crippen molar-refractivity contribution in [3.63, 3.8) is 0 Å². The van der Waals surface area contributed by atoms with E-state index in [1.807, 2.05) is 0 Å². The number of hydrogen-bond donors (Lipinski definition) is 2. The highest BCUT2D eigenvalue weighted by molar-refractivity contribution is 6.06. The van der Waals surface area contributed by atoms with Gasteiger partial charge in [-0.3, -0.25) is 9.59 Å². The topological polar surface area (TPSA) is 81.4 Å². The molecule has 0 heterocycles. The average molecular weight is 234 g/mol. The Morgan fingerprint density at radius 1 is 1.35 bits per heavy atom. The smallest absolute Gasteiger partial charge is 0.252 e. The maximum atomic E-state index is 11.7. The Bertz CT molecular complexity index is 430. The summed E-state index contributed by atoms with van der Waals surface area (Å²) in [7, 11) is 0. The number of hydrogen-bond acceptors (Lipinski definition) is 3. The van der Waals surface area contributed by atoms with E-state index in [2.05, 4.69) is 11.9 Å². The van der Waals surface area contributed by atoms with E-state index in [-0.39, 0.29) is 17.0 Å². The highest BCUT2D eigenvalue weighted by Crippen LogP contribution is 2.07. The van der Waals surface area contributed by atoms with Gasteiger partial charge in [-0.2, -0.15) is 0 Å². The molecule has 0 spiro atoms. The summed E-state index contributed by atoms with van der Waals surface area (Å²) >= 11 is 0. The fourth-order valence-electron chi connectivity index (χ4n) is 1.30. The van der Waals surface area contributed by atoms with Crippen molar-refractivity contribution in [1.82, 2.24) is 5.32 Å². The predicted octanol–water partition coefficient (Wildman–Crippen LogP) is 0.675. The molecule has 1 aromatic rings. The molecule has 0 bridgehead atoms. The van der Waals surface area contributed by atoms with Gasteiger partial charge in [0.25, 0.3) is 5.91 Å². The predicted molar refractivity (Wildman–Crippen MR) is 63.4 cm³/mol. The van der Waals surface area contributed by atoms with E-state index in [4.69, 9.17) is 10.5 Å². The van der Waals surface area contributed by atoms with Gasteiger partial charge < -0.3 is 15.8 Å². The van der Waals surface area contributed by atoms with Crippen molar-refractivity contribution in [2.75, 3.05) is 13.2 Å². The summed E-state index contributed by atoms with van der Waals surface area (Å²) in [6, 6.07) is 6.38. The number of carbonyl (C=O) groups is 2. The molecule has 5 heteroatoms. The van der Waals surface area contributed by atoms with Crippen LogP contribution in [0.3, 0.4) is 0 Å². The zero-order chi connectivity index (χ0) is 12.7. The third-order valence-electron chi connectivity index (χ3n) is 2.06. The Labute approximate surface area is 99.3 Å². The van der Waals surface area contributed by atoms with Crippen LogP contribution in [-0.2, 0) is 4.74 Å².